The monoisotopic (exact) mass is 439 g/mol. The molecule has 0 fully saturated rings. The van der Waals surface area contributed by atoms with Crippen molar-refractivity contribution < 1.29 is 23.9 Å². The number of nitrogens with one attached hydrogen (secondary N) is 2. The molecular formula is C22H21N3O5S. The van der Waals surface area contributed by atoms with Crippen LogP contribution in [0.1, 0.15) is 23.0 Å². The molecule has 0 bridgehead atoms. The number of methoxy groups -OCH3 is 1. The fourth-order valence-electron chi connectivity index (χ4n) is 2.82. The van der Waals surface area contributed by atoms with Crippen molar-refractivity contribution in [3.8, 4) is 16.3 Å². The van der Waals surface area contributed by atoms with Gasteiger partial charge in [0.25, 0.3) is 5.91 Å². The number of anilines is 2. The molecule has 0 saturated carbocycles. The van der Waals surface area contributed by atoms with Crippen LogP contribution >= 0.6 is 11.3 Å². The topological polar surface area (TPSA) is 107 Å². The Morgan fingerprint density at radius 2 is 1.90 bits per heavy atom. The summed E-state index contributed by atoms with van der Waals surface area (Å²) in [4.78, 5) is 41.4. The molecule has 1 aromatic carbocycles. The van der Waals surface area contributed by atoms with Crippen LogP contribution in [-0.4, -0.2) is 36.5 Å². The van der Waals surface area contributed by atoms with Crippen molar-refractivity contribution in [3.05, 3.63) is 59.1 Å². The predicted octanol–water partition coefficient (Wildman–Crippen LogP) is 3.88. The molecule has 0 aliphatic rings. The Kier molecular flexibility index (Phi) is 6.99. The van der Waals surface area contributed by atoms with Gasteiger partial charge in [-0.2, -0.15) is 0 Å². The van der Waals surface area contributed by atoms with Gasteiger partial charge in [-0.15, -0.1) is 11.3 Å². The Bertz CT molecular complexity index is 1110. The summed E-state index contributed by atoms with van der Waals surface area (Å²) in [7, 11) is 1.46. The van der Waals surface area contributed by atoms with Crippen molar-refractivity contribution in [2.24, 2.45) is 0 Å². The zero-order valence-electron chi connectivity index (χ0n) is 17.2. The molecule has 3 aromatic rings. The maximum Gasteiger partial charge on any atom is 0.340 e. The summed E-state index contributed by atoms with van der Waals surface area (Å²) >= 11 is 1.56. The molecule has 2 heterocycles. The summed E-state index contributed by atoms with van der Waals surface area (Å²) in [6, 6.07) is 12.1. The molecule has 0 aliphatic carbocycles. The number of thiophene rings is 1. The number of carbonyl (C=O) groups excluding carboxylic acids is 3. The van der Waals surface area contributed by atoms with Gasteiger partial charge in [-0.1, -0.05) is 6.07 Å². The number of ether oxygens (including phenoxy) is 2. The number of benzene rings is 1. The second-order valence-corrected chi connectivity index (χ2v) is 7.48. The summed E-state index contributed by atoms with van der Waals surface area (Å²) in [6.45, 7) is 2.61. The van der Waals surface area contributed by atoms with E-state index in [1.807, 2.05) is 17.5 Å². The van der Waals surface area contributed by atoms with Gasteiger partial charge in [-0.25, -0.2) is 4.79 Å². The van der Waals surface area contributed by atoms with Crippen molar-refractivity contribution in [1.29, 1.82) is 0 Å². The van der Waals surface area contributed by atoms with E-state index in [1.165, 1.54) is 14.0 Å². The Labute approximate surface area is 183 Å². The van der Waals surface area contributed by atoms with E-state index in [0.717, 1.165) is 10.6 Å². The van der Waals surface area contributed by atoms with E-state index in [4.69, 9.17) is 9.47 Å². The van der Waals surface area contributed by atoms with E-state index in [1.54, 1.807) is 48.6 Å². The number of amides is 2. The molecule has 9 heteroatoms. The number of nitrogens with zero attached hydrogens (tertiary/aromatic N) is 1. The number of pyridine rings is 1. The number of aromatic nitrogens is 1. The van der Waals surface area contributed by atoms with Crippen molar-refractivity contribution in [3.63, 3.8) is 0 Å². The van der Waals surface area contributed by atoms with Gasteiger partial charge in [-0.3, -0.25) is 14.6 Å². The number of hydrogen-bond acceptors (Lipinski definition) is 7. The number of hydrogen-bond donors (Lipinski definition) is 2. The van der Waals surface area contributed by atoms with E-state index in [-0.39, 0.29) is 5.91 Å². The molecule has 0 atom stereocenters. The predicted molar refractivity (Wildman–Crippen MR) is 118 cm³/mol. The Morgan fingerprint density at radius 1 is 1.10 bits per heavy atom. The fourth-order valence-corrected chi connectivity index (χ4v) is 3.52. The SMILES string of the molecule is COc1ccc(NC(C)=O)cc1NC(=O)COC(=O)c1ccc(-c2cccs2)nc1C. The molecule has 3 rings (SSSR count). The van der Waals surface area contributed by atoms with Crippen molar-refractivity contribution >= 4 is 40.5 Å². The van der Waals surface area contributed by atoms with Gasteiger partial charge in [0, 0.05) is 12.6 Å². The van der Waals surface area contributed by atoms with Crippen LogP contribution in [0.15, 0.2) is 47.8 Å². The first-order chi connectivity index (χ1) is 14.9. The molecule has 160 valence electrons. The maximum absolute atomic E-state index is 12.4. The van der Waals surface area contributed by atoms with Crippen molar-refractivity contribution in [2.45, 2.75) is 13.8 Å². The summed E-state index contributed by atoms with van der Waals surface area (Å²) in [5.74, 6) is -1.03. The van der Waals surface area contributed by atoms with Gasteiger partial charge in [0.2, 0.25) is 5.91 Å². The highest BCUT2D eigenvalue weighted by molar-refractivity contribution is 7.13. The minimum Gasteiger partial charge on any atom is -0.495 e. The third-order valence-corrected chi connectivity index (χ3v) is 5.10. The lowest BCUT2D eigenvalue weighted by Gasteiger charge is -2.13. The molecule has 0 aliphatic heterocycles. The third kappa shape index (κ3) is 5.67. The molecule has 0 radical (unpaired) electrons. The zero-order chi connectivity index (χ0) is 22.4. The van der Waals surface area contributed by atoms with E-state index in [9.17, 15) is 14.4 Å². The smallest absolute Gasteiger partial charge is 0.340 e. The van der Waals surface area contributed by atoms with Crippen LogP contribution in [0.2, 0.25) is 0 Å². The normalized spacial score (nSPS) is 10.3. The van der Waals surface area contributed by atoms with Crippen molar-refractivity contribution in [1.82, 2.24) is 4.98 Å². The Morgan fingerprint density at radius 3 is 2.55 bits per heavy atom. The first-order valence-electron chi connectivity index (χ1n) is 9.31. The van der Waals surface area contributed by atoms with E-state index in [0.29, 0.717) is 28.4 Å². The van der Waals surface area contributed by atoms with Gasteiger partial charge in [0.15, 0.2) is 6.61 Å². The fraction of sp³-hybridized carbons (Fsp3) is 0.182. The average molecular weight is 439 g/mol. The molecule has 31 heavy (non-hydrogen) atoms. The zero-order valence-corrected chi connectivity index (χ0v) is 18.0. The quantitative estimate of drug-likeness (QED) is 0.541. The second-order valence-electron chi connectivity index (χ2n) is 6.53. The summed E-state index contributed by atoms with van der Waals surface area (Å²) in [5.41, 5.74) is 2.41. The van der Waals surface area contributed by atoms with E-state index >= 15 is 0 Å². The van der Waals surface area contributed by atoms with Gasteiger partial charge in [-0.05, 0) is 48.7 Å². The van der Waals surface area contributed by atoms with Crippen LogP contribution in [0, 0.1) is 6.92 Å². The largest absolute Gasteiger partial charge is 0.495 e. The molecule has 8 nitrogen and oxygen atoms in total. The number of rotatable bonds is 7. The van der Waals surface area contributed by atoms with Crippen LogP contribution in [-0.2, 0) is 14.3 Å². The van der Waals surface area contributed by atoms with Crippen LogP contribution in [0.3, 0.4) is 0 Å². The Balaban J connectivity index is 1.63. The summed E-state index contributed by atoms with van der Waals surface area (Å²) in [5, 5.41) is 7.19. The van der Waals surface area contributed by atoms with E-state index < -0.39 is 18.5 Å². The standard InChI is InChI=1S/C22H21N3O5S/c1-13-16(7-8-17(23-13)20-5-4-10-31-20)22(28)30-12-21(27)25-18-11-15(24-14(2)26)6-9-19(18)29-3/h4-11H,12H2,1-3H3,(H,24,26)(H,25,27). The maximum atomic E-state index is 12.4. The van der Waals surface area contributed by atoms with Gasteiger partial charge in [0.05, 0.1) is 34.6 Å². The Hall–Kier alpha value is -3.72. The first kappa shape index (κ1) is 22.0. The average Bonchev–Trinajstić information content (AvgIpc) is 3.27. The van der Waals surface area contributed by atoms with Gasteiger partial charge in [0.1, 0.15) is 5.75 Å². The van der Waals surface area contributed by atoms with Crippen LogP contribution in [0.4, 0.5) is 11.4 Å². The highest BCUT2D eigenvalue weighted by Crippen LogP contribution is 2.28. The van der Waals surface area contributed by atoms with Crippen LogP contribution in [0.5, 0.6) is 5.75 Å². The minimum atomic E-state index is -0.642. The van der Waals surface area contributed by atoms with E-state index in [2.05, 4.69) is 15.6 Å². The molecule has 0 unspecified atom stereocenters. The van der Waals surface area contributed by atoms with Crippen molar-refractivity contribution in [2.75, 3.05) is 24.4 Å². The first-order valence-corrected chi connectivity index (χ1v) is 10.2. The summed E-state index contributed by atoms with van der Waals surface area (Å²) in [6.07, 6.45) is 0. The molecule has 2 aromatic heterocycles. The van der Waals surface area contributed by atoms with Crippen LogP contribution in [0.25, 0.3) is 10.6 Å². The molecule has 0 saturated heterocycles. The minimum absolute atomic E-state index is 0.245. The lowest BCUT2D eigenvalue weighted by Crippen LogP contribution is -2.22. The summed E-state index contributed by atoms with van der Waals surface area (Å²) < 4.78 is 10.4. The number of aryl methyl sites for hydroxylation is 1. The molecule has 0 spiro atoms. The number of carbonyl (C=O) groups is 3. The number of esters is 1. The molecular weight excluding hydrogens is 418 g/mol. The lowest BCUT2D eigenvalue weighted by atomic mass is 10.2. The van der Waals surface area contributed by atoms with Crippen LogP contribution < -0.4 is 15.4 Å². The lowest BCUT2D eigenvalue weighted by molar-refractivity contribution is -0.119. The second kappa shape index (κ2) is 9.86. The molecule has 2 N–H and O–H groups in total. The van der Waals surface area contributed by atoms with Gasteiger partial charge >= 0.3 is 5.97 Å². The highest BCUT2D eigenvalue weighted by atomic mass is 32.1. The third-order valence-electron chi connectivity index (χ3n) is 4.21. The highest BCUT2D eigenvalue weighted by Gasteiger charge is 2.16. The molecule has 2 amide bonds. The van der Waals surface area contributed by atoms with Gasteiger partial charge < -0.3 is 20.1 Å².